The van der Waals surface area contributed by atoms with Gasteiger partial charge in [-0.3, -0.25) is 9.59 Å². The van der Waals surface area contributed by atoms with Gasteiger partial charge in [-0.25, -0.2) is 0 Å². The summed E-state index contributed by atoms with van der Waals surface area (Å²) in [4.78, 5) is 24.9. The molecular formula is C15H19N3O3. The summed E-state index contributed by atoms with van der Waals surface area (Å²) in [5, 5.41) is 11.2. The number of ether oxygens (including phenoxy) is 1. The second-order valence-corrected chi connectivity index (χ2v) is 4.27. The molecule has 6 nitrogen and oxygen atoms in total. The minimum atomic E-state index is -0.361. The number of nitriles is 1. The normalized spacial score (nSPS) is 9.57. The van der Waals surface area contributed by atoms with Gasteiger partial charge in [0.2, 0.25) is 5.91 Å². The molecule has 2 amide bonds. The first-order valence-corrected chi connectivity index (χ1v) is 6.78. The van der Waals surface area contributed by atoms with Crippen molar-refractivity contribution in [3.8, 4) is 11.8 Å². The van der Waals surface area contributed by atoms with Gasteiger partial charge in [0.15, 0.2) is 6.61 Å². The summed E-state index contributed by atoms with van der Waals surface area (Å²) >= 11 is 0. The van der Waals surface area contributed by atoms with Gasteiger partial charge in [-0.2, -0.15) is 5.26 Å². The molecule has 1 rings (SSSR count). The minimum Gasteiger partial charge on any atom is -0.484 e. The predicted octanol–water partition coefficient (Wildman–Crippen LogP) is 0.922. The second-order valence-electron chi connectivity index (χ2n) is 4.27. The lowest BCUT2D eigenvalue weighted by Gasteiger charge is -2.18. The first-order chi connectivity index (χ1) is 10.1. The highest BCUT2D eigenvalue weighted by Crippen LogP contribution is 2.11. The summed E-state index contributed by atoms with van der Waals surface area (Å²) in [7, 11) is 0. The van der Waals surface area contributed by atoms with Crippen molar-refractivity contribution in [3.05, 3.63) is 29.8 Å². The van der Waals surface area contributed by atoms with Crippen LogP contribution in [0.25, 0.3) is 0 Å². The average molecular weight is 289 g/mol. The number of nitrogens with one attached hydrogen (secondary N) is 1. The molecule has 0 radical (unpaired) electrons. The maximum absolute atomic E-state index is 11.7. The molecule has 0 saturated carbocycles. The SMILES string of the molecule is CCN(CC)C(=O)CNC(=O)COc1ccc(C#N)cc1. The van der Waals surface area contributed by atoms with Gasteiger partial charge in [0, 0.05) is 13.1 Å². The van der Waals surface area contributed by atoms with Crippen LogP contribution in [0, 0.1) is 11.3 Å². The fourth-order valence-corrected chi connectivity index (χ4v) is 1.69. The monoisotopic (exact) mass is 289 g/mol. The maximum Gasteiger partial charge on any atom is 0.258 e. The zero-order valence-corrected chi connectivity index (χ0v) is 12.3. The van der Waals surface area contributed by atoms with E-state index in [0.29, 0.717) is 24.4 Å². The van der Waals surface area contributed by atoms with Crippen LogP contribution in [0.15, 0.2) is 24.3 Å². The Morgan fingerprint density at radius 1 is 1.24 bits per heavy atom. The van der Waals surface area contributed by atoms with Crippen LogP contribution in [-0.4, -0.2) is 43.0 Å². The lowest BCUT2D eigenvalue weighted by Crippen LogP contribution is -2.41. The smallest absolute Gasteiger partial charge is 0.258 e. The van der Waals surface area contributed by atoms with Gasteiger partial charge in [0.05, 0.1) is 18.2 Å². The molecule has 0 aromatic heterocycles. The van der Waals surface area contributed by atoms with E-state index in [2.05, 4.69) is 5.32 Å². The summed E-state index contributed by atoms with van der Waals surface area (Å²) in [6.07, 6.45) is 0. The van der Waals surface area contributed by atoms with E-state index in [-0.39, 0.29) is 25.0 Å². The third kappa shape index (κ3) is 5.53. The Morgan fingerprint density at radius 3 is 2.38 bits per heavy atom. The van der Waals surface area contributed by atoms with Crippen molar-refractivity contribution in [1.29, 1.82) is 5.26 Å². The van der Waals surface area contributed by atoms with Gasteiger partial charge in [-0.05, 0) is 38.1 Å². The van der Waals surface area contributed by atoms with Gasteiger partial charge in [0.1, 0.15) is 5.75 Å². The summed E-state index contributed by atoms with van der Waals surface area (Å²) in [6, 6.07) is 8.45. The fraction of sp³-hybridized carbons (Fsp3) is 0.400. The highest BCUT2D eigenvalue weighted by atomic mass is 16.5. The van der Waals surface area contributed by atoms with E-state index in [4.69, 9.17) is 10.00 Å². The van der Waals surface area contributed by atoms with E-state index in [1.54, 1.807) is 29.2 Å². The van der Waals surface area contributed by atoms with Crippen molar-refractivity contribution < 1.29 is 14.3 Å². The average Bonchev–Trinajstić information content (AvgIpc) is 2.52. The zero-order chi connectivity index (χ0) is 15.7. The number of benzene rings is 1. The highest BCUT2D eigenvalue weighted by molar-refractivity contribution is 5.85. The number of carbonyl (C=O) groups excluding carboxylic acids is 2. The van der Waals surface area contributed by atoms with E-state index < -0.39 is 0 Å². The van der Waals surface area contributed by atoms with E-state index in [1.165, 1.54) is 0 Å². The van der Waals surface area contributed by atoms with Gasteiger partial charge in [-0.15, -0.1) is 0 Å². The summed E-state index contributed by atoms with van der Waals surface area (Å²) in [5.41, 5.74) is 0.525. The molecule has 0 aliphatic heterocycles. The molecule has 0 atom stereocenters. The molecule has 0 saturated heterocycles. The van der Waals surface area contributed by atoms with Gasteiger partial charge >= 0.3 is 0 Å². The predicted molar refractivity (Wildman–Crippen MR) is 77.6 cm³/mol. The third-order valence-electron chi connectivity index (χ3n) is 2.91. The van der Waals surface area contributed by atoms with Crippen molar-refractivity contribution in [2.24, 2.45) is 0 Å². The number of carbonyl (C=O) groups is 2. The number of nitrogens with zero attached hydrogens (tertiary/aromatic N) is 2. The minimum absolute atomic E-state index is 0.0305. The van der Waals surface area contributed by atoms with E-state index in [9.17, 15) is 9.59 Å². The van der Waals surface area contributed by atoms with Crippen LogP contribution in [0.4, 0.5) is 0 Å². The van der Waals surface area contributed by atoms with Gasteiger partial charge < -0.3 is 15.0 Å². The number of rotatable bonds is 7. The first kappa shape index (κ1) is 16.5. The van der Waals surface area contributed by atoms with Crippen LogP contribution in [0.2, 0.25) is 0 Å². The quantitative estimate of drug-likeness (QED) is 0.809. The Bertz CT molecular complexity index is 516. The first-order valence-electron chi connectivity index (χ1n) is 6.78. The standard InChI is InChI=1S/C15H19N3O3/c1-3-18(4-2)15(20)10-17-14(19)11-21-13-7-5-12(9-16)6-8-13/h5-8H,3-4,10-11H2,1-2H3,(H,17,19). The van der Waals surface area contributed by atoms with Crippen molar-refractivity contribution in [3.63, 3.8) is 0 Å². The Balaban J connectivity index is 2.34. The number of hydrogen-bond donors (Lipinski definition) is 1. The Hall–Kier alpha value is -2.55. The number of likely N-dealkylation sites (N-methyl/N-ethyl adjacent to an activating group) is 1. The molecule has 0 bridgehead atoms. The number of amides is 2. The maximum atomic E-state index is 11.7. The summed E-state index contributed by atoms with van der Waals surface area (Å²) in [6.45, 7) is 4.81. The van der Waals surface area contributed by atoms with Crippen LogP contribution in [0.1, 0.15) is 19.4 Å². The van der Waals surface area contributed by atoms with Crippen molar-refractivity contribution in [2.75, 3.05) is 26.2 Å². The van der Waals surface area contributed by atoms with Crippen molar-refractivity contribution >= 4 is 11.8 Å². The lowest BCUT2D eigenvalue weighted by atomic mass is 10.2. The van der Waals surface area contributed by atoms with Crippen LogP contribution in [0.5, 0.6) is 5.75 Å². The molecule has 0 heterocycles. The lowest BCUT2D eigenvalue weighted by molar-refractivity contribution is -0.133. The molecule has 0 fully saturated rings. The molecule has 1 aromatic carbocycles. The van der Waals surface area contributed by atoms with Crippen molar-refractivity contribution in [2.45, 2.75) is 13.8 Å². The van der Waals surface area contributed by atoms with Crippen LogP contribution in [-0.2, 0) is 9.59 Å². The second kappa shape index (κ2) is 8.59. The molecule has 0 aliphatic carbocycles. The van der Waals surface area contributed by atoms with Crippen LogP contribution >= 0.6 is 0 Å². The highest BCUT2D eigenvalue weighted by Gasteiger charge is 2.11. The van der Waals surface area contributed by atoms with Crippen molar-refractivity contribution in [1.82, 2.24) is 10.2 Å². The Morgan fingerprint density at radius 2 is 1.86 bits per heavy atom. The molecule has 1 aromatic rings. The summed E-state index contributed by atoms with van der Waals surface area (Å²) < 4.78 is 5.27. The third-order valence-corrected chi connectivity index (χ3v) is 2.91. The van der Waals surface area contributed by atoms with Gasteiger partial charge in [0.25, 0.3) is 5.91 Å². The molecule has 6 heteroatoms. The number of hydrogen-bond acceptors (Lipinski definition) is 4. The molecule has 0 unspecified atom stereocenters. The van der Waals surface area contributed by atoms with E-state index >= 15 is 0 Å². The summed E-state index contributed by atoms with van der Waals surface area (Å²) in [5.74, 6) is 0.0193. The topological polar surface area (TPSA) is 82.4 Å². The van der Waals surface area contributed by atoms with E-state index in [0.717, 1.165) is 0 Å². The molecule has 112 valence electrons. The van der Waals surface area contributed by atoms with E-state index in [1.807, 2.05) is 19.9 Å². The zero-order valence-electron chi connectivity index (χ0n) is 12.3. The largest absolute Gasteiger partial charge is 0.484 e. The van der Waals surface area contributed by atoms with Crippen LogP contribution in [0.3, 0.4) is 0 Å². The molecule has 1 N–H and O–H groups in total. The molecular weight excluding hydrogens is 270 g/mol. The molecule has 0 aliphatic rings. The molecule has 0 spiro atoms. The molecule has 21 heavy (non-hydrogen) atoms. The van der Waals surface area contributed by atoms with Crippen LogP contribution < -0.4 is 10.1 Å². The Kier molecular flexibility index (Phi) is 6.75. The van der Waals surface area contributed by atoms with Gasteiger partial charge in [-0.1, -0.05) is 0 Å². The Labute approximate surface area is 124 Å². The fourth-order valence-electron chi connectivity index (χ4n) is 1.69.